The van der Waals surface area contributed by atoms with E-state index in [0.29, 0.717) is 5.92 Å². The first kappa shape index (κ1) is 11.2. The molecule has 0 saturated heterocycles. The molecule has 0 aliphatic rings. The van der Waals surface area contributed by atoms with E-state index in [1.165, 1.54) is 5.56 Å². The normalized spacial score (nSPS) is 15.1. The van der Waals surface area contributed by atoms with Crippen LogP contribution in [0.4, 0.5) is 0 Å². The molecule has 0 aromatic heterocycles. The molecule has 0 spiro atoms. The van der Waals surface area contributed by atoms with Gasteiger partial charge in [0.05, 0.1) is 6.10 Å². The molecule has 2 atom stereocenters. The first-order valence-corrected chi connectivity index (χ1v) is 5.17. The largest absolute Gasteiger partial charge is 0.387 e. The van der Waals surface area contributed by atoms with Gasteiger partial charge in [-0.1, -0.05) is 38.1 Å². The van der Waals surface area contributed by atoms with Crippen LogP contribution in [0.2, 0.25) is 0 Å². The van der Waals surface area contributed by atoms with Gasteiger partial charge in [0, 0.05) is 6.54 Å². The minimum absolute atomic E-state index is 0.280. The molecule has 0 fully saturated rings. The molecule has 78 valence electrons. The van der Waals surface area contributed by atoms with Crippen molar-refractivity contribution in [2.75, 3.05) is 6.54 Å². The topological polar surface area (TPSA) is 46.2 Å². The maximum Gasteiger partial charge on any atom is 0.0912 e. The van der Waals surface area contributed by atoms with Gasteiger partial charge in [-0.2, -0.15) is 0 Å². The summed E-state index contributed by atoms with van der Waals surface area (Å²) >= 11 is 0. The molecule has 3 N–H and O–H groups in total. The van der Waals surface area contributed by atoms with Crippen molar-refractivity contribution in [1.82, 2.24) is 0 Å². The van der Waals surface area contributed by atoms with Crippen molar-refractivity contribution >= 4 is 0 Å². The molecule has 2 nitrogen and oxygen atoms in total. The summed E-state index contributed by atoms with van der Waals surface area (Å²) in [7, 11) is 0. The van der Waals surface area contributed by atoms with Crippen LogP contribution in [0.3, 0.4) is 0 Å². The quantitative estimate of drug-likeness (QED) is 0.770. The van der Waals surface area contributed by atoms with Gasteiger partial charge in [-0.25, -0.2) is 0 Å². The summed E-state index contributed by atoms with van der Waals surface area (Å²) in [6.07, 6.45) is 0.611. The van der Waals surface area contributed by atoms with Crippen LogP contribution in [0, 0.1) is 0 Å². The average Bonchev–Trinajstić information content (AvgIpc) is 2.27. The molecule has 1 rings (SSSR count). The molecular formula is C12H19NO. The van der Waals surface area contributed by atoms with E-state index >= 15 is 0 Å². The fourth-order valence-corrected chi connectivity index (χ4v) is 1.42. The van der Waals surface area contributed by atoms with Crippen molar-refractivity contribution in [1.29, 1.82) is 0 Å². The molecule has 0 heterocycles. The van der Waals surface area contributed by atoms with Gasteiger partial charge in [0.2, 0.25) is 0 Å². The predicted octanol–water partition coefficient (Wildman–Crippen LogP) is 2.19. The number of nitrogens with two attached hydrogens (primary N) is 1. The van der Waals surface area contributed by atoms with E-state index in [4.69, 9.17) is 5.73 Å². The molecular weight excluding hydrogens is 174 g/mol. The minimum atomic E-state index is -0.527. The highest BCUT2D eigenvalue weighted by Gasteiger charge is 2.06. The van der Waals surface area contributed by atoms with Crippen molar-refractivity contribution in [3.05, 3.63) is 35.4 Å². The van der Waals surface area contributed by atoms with Crippen LogP contribution in [0.5, 0.6) is 0 Å². The third-order valence-corrected chi connectivity index (χ3v) is 2.73. The van der Waals surface area contributed by atoms with Crippen LogP contribution >= 0.6 is 0 Å². The van der Waals surface area contributed by atoms with Crippen LogP contribution in [0.1, 0.15) is 43.4 Å². The van der Waals surface area contributed by atoms with Crippen molar-refractivity contribution in [3.63, 3.8) is 0 Å². The van der Waals surface area contributed by atoms with Crippen LogP contribution < -0.4 is 5.73 Å². The highest BCUT2D eigenvalue weighted by molar-refractivity contribution is 5.26. The van der Waals surface area contributed by atoms with Gasteiger partial charge in [-0.3, -0.25) is 0 Å². The summed E-state index contributed by atoms with van der Waals surface area (Å²) in [4.78, 5) is 0. The summed E-state index contributed by atoms with van der Waals surface area (Å²) in [5.41, 5.74) is 7.60. The van der Waals surface area contributed by atoms with Crippen LogP contribution in [-0.2, 0) is 0 Å². The molecule has 2 heteroatoms. The lowest BCUT2D eigenvalue weighted by atomic mass is 9.96. The number of aliphatic hydroxyl groups excluding tert-OH is 1. The lowest BCUT2D eigenvalue weighted by Crippen LogP contribution is -2.11. The van der Waals surface area contributed by atoms with E-state index in [-0.39, 0.29) is 6.54 Å². The third-order valence-electron chi connectivity index (χ3n) is 2.73. The molecule has 0 aliphatic heterocycles. The smallest absolute Gasteiger partial charge is 0.0912 e. The van der Waals surface area contributed by atoms with Crippen LogP contribution in [0.15, 0.2) is 24.3 Å². The van der Waals surface area contributed by atoms with Gasteiger partial charge in [-0.05, 0) is 23.5 Å². The van der Waals surface area contributed by atoms with Crippen molar-refractivity contribution in [2.45, 2.75) is 32.3 Å². The third kappa shape index (κ3) is 2.56. The van der Waals surface area contributed by atoms with Gasteiger partial charge >= 0.3 is 0 Å². The van der Waals surface area contributed by atoms with Gasteiger partial charge in [0.15, 0.2) is 0 Å². The molecule has 0 bridgehead atoms. The van der Waals surface area contributed by atoms with Gasteiger partial charge in [-0.15, -0.1) is 0 Å². The molecule has 1 aromatic rings. The highest BCUT2D eigenvalue weighted by Crippen LogP contribution is 2.20. The zero-order valence-corrected chi connectivity index (χ0v) is 8.90. The number of benzene rings is 1. The lowest BCUT2D eigenvalue weighted by Gasteiger charge is -2.12. The predicted molar refractivity (Wildman–Crippen MR) is 59.2 cm³/mol. The zero-order valence-electron chi connectivity index (χ0n) is 8.90. The van der Waals surface area contributed by atoms with Crippen LogP contribution in [-0.4, -0.2) is 11.7 Å². The van der Waals surface area contributed by atoms with E-state index in [9.17, 15) is 5.11 Å². The summed E-state index contributed by atoms with van der Waals surface area (Å²) < 4.78 is 0. The van der Waals surface area contributed by atoms with Crippen molar-refractivity contribution in [2.24, 2.45) is 5.73 Å². The number of hydrogen-bond acceptors (Lipinski definition) is 2. The summed E-state index contributed by atoms with van der Waals surface area (Å²) in [5, 5.41) is 9.49. The maximum absolute atomic E-state index is 9.49. The summed E-state index contributed by atoms with van der Waals surface area (Å²) in [6.45, 7) is 4.66. The molecule has 2 unspecified atom stereocenters. The average molecular weight is 193 g/mol. The Morgan fingerprint density at radius 3 is 2.14 bits per heavy atom. The first-order valence-electron chi connectivity index (χ1n) is 5.17. The Labute approximate surface area is 85.8 Å². The lowest BCUT2D eigenvalue weighted by molar-refractivity contribution is 0.186. The second-order valence-electron chi connectivity index (χ2n) is 3.73. The number of hydrogen-bond donors (Lipinski definition) is 2. The first-order chi connectivity index (χ1) is 6.69. The van der Waals surface area contributed by atoms with Crippen molar-refractivity contribution < 1.29 is 5.11 Å². The van der Waals surface area contributed by atoms with Gasteiger partial charge in [0.1, 0.15) is 0 Å². The van der Waals surface area contributed by atoms with E-state index in [1.807, 2.05) is 12.1 Å². The highest BCUT2D eigenvalue weighted by atomic mass is 16.3. The second kappa shape index (κ2) is 5.13. The fourth-order valence-electron chi connectivity index (χ4n) is 1.42. The Kier molecular flexibility index (Phi) is 4.11. The van der Waals surface area contributed by atoms with E-state index < -0.39 is 6.10 Å². The molecule has 0 aliphatic carbocycles. The molecule has 14 heavy (non-hydrogen) atoms. The summed E-state index contributed by atoms with van der Waals surface area (Å²) in [5.74, 6) is 0.582. The van der Waals surface area contributed by atoms with Crippen LogP contribution in [0.25, 0.3) is 0 Å². The van der Waals surface area contributed by atoms with E-state index in [0.717, 1.165) is 12.0 Å². The zero-order chi connectivity index (χ0) is 10.6. The Morgan fingerprint density at radius 1 is 1.21 bits per heavy atom. The SMILES string of the molecule is CCC(C)c1ccc(C(O)CN)cc1. The molecule has 0 radical (unpaired) electrons. The van der Waals surface area contributed by atoms with E-state index in [2.05, 4.69) is 26.0 Å². The Bertz CT molecular complexity index is 239. The standard InChI is InChI=1S/C12H19NO/c1-3-9(2)10-4-6-11(7-5-10)12(14)8-13/h4-7,9,12,14H,3,8,13H2,1-2H3. The maximum atomic E-state index is 9.49. The van der Waals surface area contributed by atoms with Gasteiger partial charge < -0.3 is 10.8 Å². The number of rotatable bonds is 4. The van der Waals surface area contributed by atoms with Crippen molar-refractivity contribution in [3.8, 4) is 0 Å². The minimum Gasteiger partial charge on any atom is -0.387 e. The monoisotopic (exact) mass is 193 g/mol. The number of aliphatic hydroxyl groups is 1. The molecule has 1 aromatic carbocycles. The molecule has 0 saturated carbocycles. The fraction of sp³-hybridized carbons (Fsp3) is 0.500. The Morgan fingerprint density at radius 2 is 1.71 bits per heavy atom. The molecule has 0 amide bonds. The summed E-state index contributed by atoms with van der Waals surface area (Å²) in [6, 6.07) is 8.06. The Hall–Kier alpha value is -0.860. The van der Waals surface area contributed by atoms with E-state index in [1.54, 1.807) is 0 Å². The van der Waals surface area contributed by atoms with Gasteiger partial charge in [0.25, 0.3) is 0 Å². The Balaban J connectivity index is 2.78. The second-order valence-corrected chi connectivity index (χ2v) is 3.73.